The van der Waals surface area contributed by atoms with Gasteiger partial charge >= 0.3 is 0 Å². The van der Waals surface area contributed by atoms with Crippen molar-refractivity contribution in [2.75, 3.05) is 9.80 Å². The highest BCUT2D eigenvalue weighted by molar-refractivity contribution is 5.87. The van der Waals surface area contributed by atoms with Crippen molar-refractivity contribution in [3.63, 3.8) is 0 Å². The summed E-state index contributed by atoms with van der Waals surface area (Å²) in [7, 11) is 0. The average molecular weight is 833 g/mol. The zero-order valence-electron chi connectivity index (χ0n) is 38.8. The van der Waals surface area contributed by atoms with Crippen LogP contribution in [0.3, 0.4) is 0 Å². The quantitative estimate of drug-likeness (QED) is 0.107. The minimum absolute atomic E-state index is 0.947. The molecular weight excluding hydrogens is 773 g/mol. The molecule has 8 rings (SSSR count). The van der Waals surface area contributed by atoms with Crippen molar-refractivity contribution in [2.45, 2.75) is 68.2 Å². The van der Waals surface area contributed by atoms with Crippen molar-refractivity contribution in [1.82, 2.24) is 0 Å². The van der Waals surface area contributed by atoms with Crippen LogP contribution in [-0.2, 0) is 12.8 Å². The molecule has 0 heterocycles. The molecule has 318 valence electrons. The largest absolute Gasteiger partial charge is 0.310 e. The highest BCUT2D eigenvalue weighted by atomic mass is 15.2. The molecule has 0 atom stereocenters. The molecule has 0 saturated carbocycles. The third-order valence-corrected chi connectivity index (χ3v) is 12.5. The number of anilines is 6. The van der Waals surface area contributed by atoms with Gasteiger partial charge in [-0.2, -0.15) is 0 Å². The fourth-order valence-electron chi connectivity index (χ4n) is 8.81. The van der Waals surface area contributed by atoms with Crippen molar-refractivity contribution < 1.29 is 0 Å². The van der Waals surface area contributed by atoms with Crippen molar-refractivity contribution >= 4 is 58.4 Å². The lowest BCUT2D eigenvalue weighted by Crippen LogP contribution is -2.15. The third-order valence-electron chi connectivity index (χ3n) is 12.5. The van der Waals surface area contributed by atoms with E-state index >= 15 is 0 Å². The predicted molar refractivity (Wildman–Crippen MR) is 279 cm³/mol. The third kappa shape index (κ3) is 9.58. The van der Waals surface area contributed by atoms with Gasteiger partial charge in [0.05, 0.1) is 11.4 Å². The van der Waals surface area contributed by atoms with E-state index in [1.54, 1.807) is 0 Å². The SMILES string of the molecule is CCc1cccc(C)c1N(c1ccc(/C=C/c2ccc(C)cc2)cc1)c1ccc(-c2ccc(N(c3ccc(/C=C/c4ccc(C)cc4)cc3)c3c(C)cccc3CC)c(C)c2)cc1C. The van der Waals surface area contributed by atoms with Gasteiger partial charge in [0.2, 0.25) is 0 Å². The molecule has 0 N–H and O–H groups in total. The lowest BCUT2D eigenvalue weighted by Gasteiger charge is -2.31. The molecular formula is C62H60N2. The van der Waals surface area contributed by atoms with Crippen LogP contribution in [0.2, 0.25) is 0 Å². The van der Waals surface area contributed by atoms with Crippen molar-refractivity contribution in [2.24, 2.45) is 0 Å². The van der Waals surface area contributed by atoms with Crippen LogP contribution in [0.5, 0.6) is 0 Å². The van der Waals surface area contributed by atoms with Crippen LogP contribution in [0.15, 0.2) is 170 Å². The Morgan fingerprint density at radius 3 is 0.984 bits per heavy atom. The number of nitrogens with zero attached hydrogens (tertiary/aromatic N) is 2. The lowest BCUT2D eigenvalue weighted by atomic mass is 9.96. The predicted octanol–water partition coefficient (Wildman–Crippen LogP) is 17.6. The van der Waals surface area contributed by atoms with Crippen LogP contribution < -0.4 is 9.80 Å². The fourth-order valence-corrected chi connectivity index (χ4v) is 8.81. The van der Waals surface area contributed by atoms with E-state index in [0.717, 1.165) is 24.2 Å². The molecule has 8 aromatic rings. The summed E-state index contributed by atoms with van der Waals surface area (Å²) in [5.41, 5.74) is 24.5. The summed E-state index contributed by atoms with van der Waals surface area (Å²) in [5, 5.41) is 0. The van der Waals surface area contributed by atoms with Gasteiger partial charge in [0.1, 0.15) is 0 Å². The topological polar surface area (TPSA) is 6.48 Å². The Bertz CT molecular complexity index is 2730. The van der Waals surface area contributed by atoms with Gasteiger partial charge in [0.15, 0.2) is 0 Å². The first kappa shape index (κ1) is 43.5. The van der Waals surface area contributed by atoms with E-state index in [2.05, 4.69) is 259 Å². The molecule has 0 amide bonds. The molecule has 0 aliphatic rings. The van der Waals surface area contributed by atoms with Crippen LogP contribution >= 0.6 is 0 Å². The van der Waals surface area contributed by atoms with E-state index in [4.69, 9.17) is 0 Å². The molecule has 0 fully saturated rings. The van der Waals surface area contributed by atoms with Gasteiger partial charge in [0.25, 0.3) is 0 Å². The van der Waals surface area contributed by atoms with Gasteiger partial charge < -0.3 is 9.80 Å². The Hall–Kier alpha value is -7.16. The molecule has 2 heteroatoms. The van der Waals surface area contributed by atoms with Gasteiger partial charge in [-0.1, -0.05) is 171 Å². The van der Waals surface area contributed by atoms with E-state index in [-0.39, 0.29) is 0 Å². The summed E-state index contributed by atoms with van der Waals surface area (Å²) in [5.74, 6) is 0. The van der Waals surface area contributed by atoms with E-state index < -0.39 is 0 Å². The van der Waals surface area contributed by atoms with Gasteiger partial charge in [0, 0.05) is 22.7 Å². The maximum atomic E-state index is 2.46. The Morgan fingerprint density at radius 2 is 0.672 bits per heavy atom. The average Bonchev–Trinajstić information content (AvgIpc) is 3.31. The van der Waals surface area contributed by atoms with Gasteiger partial charge in [-0.25, -0.2) is 0 Å². The van der Waals surface area contributed by atoms with Crippen LogP contribution in [0, 0.1) is 41.5 Å². The summed E-state index contributed by atoms with van der Waals surface area (Å²) in [6.07, 6.45) is 10.7. The summed E-state index contributed by atoms with van der Waals surface area (Å²) in [4.78, 5) is 4.92. The smallest absolute Gasteiger partial charge is 0.0522 e. The summed E-state index contributed by atoms with van der Waals surface area (Å²) < 4.78 is 0. The van der Waals surface area contributed by atoms with E-state index in [0.29, 0.717) is 0 Å². The Morgan fingerprint density at radius 1 is 0.344 bits per heavy atom. The zero-order valence-corrected chi connectivity index (χ0v) is 38.8. The highest BCUT2D eigenvalue weighted by Gasteiger charge is 2.22. The molecule has 0 radical (unpaired) electrons. The molecule has 8 aromatic carbocycles. The number of rotatable bonds is 13. The van der Waals surface area contributed by atoms with Crippen molar-refractivity contribution in [3.05, 3.63) is 237 Å². The second kappa shape index (κ2) is 19.5. The molecule has 0 aliphatic heterocycles. The number of benzene rings is 8. The Balaban J connectivity index is 1.13. The molecule has 0 unspecified atom stereocenters. The van der Waals surface area contributed by atoms with Crippen molar-refractivity contribution in [3.8, 4) is 11.1 Å². The number of aryl methyl sites for hydroxylation is 8. The molecule has 0 aliphatic carbocycles. The van der Waals surface area contributed by atoms with E-state index in [1.165, 1.54) is 101 Å². The summed E-state index contributed by atoms with van der Waals surface area (Å²) >= 11 is 0. The first-order chi connectivity index (χ1) is 31.1. The minimum Gasteiger partial charge on any atom is -0.310 e. The monoisotopic (exact) mass is 832 g/mol. The summed E-state index contributed by atoms with van der Waals surface area (Å²) in [6, 6.07) is 62.6. The van der Waals surface area contributed by atoms with Gasteiger partial charge in [-0.3, -0.25) is 0 Å². The zero-order chi connectivity index (χ0) is 44.7. The second-order valence-corrected chi connectivity index (χ2v) is 17.2. The molecule has 64 heavy (non-hydrogen) atoms. The van der Waals surface area contributed by atoms with E-state index in [9.17, 15) is 0 Å². The van der Waals surface area contributed by atoms with Crippen LogP contribution in [-0.4, -0.2) is 0 Å². The molecule has 0 saturated heterocycles. The molecule has 0 spiro atoms. The highest BCUT2D eigenvalue weighted by Crippen LogP contribution is 2.44. The van der Waals surface area contributed by atoms with Crippen LogP contribution in [0.4, 0.5) is 34.1 Å². The maximum Gasteiger partial charge on any atom is 0.0522 e. The number of hydrogen-bond acceptors (Lipinski definition) is 2. The minimum atomic E-state index is 0.947. The van der Waals surface area contributed by atoms with E-state index in [1.807, 2.05) is 0 Å². The standard InChI is InChI=1S/C62H60N2/c1-9-53-15-11-13-45(5)61(53)63(57-35-29-51(30-36-57)27-25-49-21-17-43(3)18-22-49)59-39-33-55(41-47(59)7)56-34-40-60(48(8)42-56)64(62-46(6)14-12-16-54(62)10-2)58-37-31-52(32-38-58)28-26-50-23-19-44(4)20-24-50/h11-42H,9-10H2,1-8H3/b27-25+,28-26+. The normalized spacial score (nSPS) is 11.4. The maximum absolute atomic E-state index is 2.46. The van der Waals surface area contributed by atoms with Crippen LogP contribution in [0.25, 0.3) is 35.4 Å². The summed E-state index contributed by atoms with van der Waals surface area (Å²) in [6.45, 7) is 17.7. The van der Waals surface area contributed by atoms with Gasteiger partial charge in [-0.05, 0) is 170 Å². The first-order valence-electron chi connectivity index (χ1n) is 22.8. The van der Waals surface area contributed by atoms with Crippen molar-refractivity contribution in [1.29, 1.82) is 0 Å². The fraction of sp³-hybridized carbons (Fsp3) is 0.161. The Kier molecular flexibility index (Phi) is 13.2. The number of para-hydroxylation sites is 2. The molecule has 0 bridgehead atoms. The second-order valence-electron chi connectivity index (χ2n) is 17.2. The van der Waals surface area contributed by atoms with Crippen LogP contribution in [0.1, 0.15) is 80.6 Å². The Labute approximate surface area is 382 Å². The lowest BCUT2D eigenvalue weighted by molar-refractivity contribution is 1.10. The molecule has 2 nitrogen and oxygen atoms in total. The molecule has 0 aromatic heterocycles. The number of hydrogen-bond donors (Lipinski definition) is 0. The first-order valence-corrected chi connectivity index (χ1v) is 22.8. The van der Waals surface area contributed by atoms with Gasteiger partial charge in [-0.15, -0.1) is 0 Å².